The van der Waals surface area contributed by atoms with Crippen molar-refractivity contribution in [2.24, 2.45) is 0 Å². The third-order valence-corrected chi connectivity index (χ3v) is 12.0. The molecule has 11 rings (SSSR count). The Morgan fingerprint density at radius 3 is 2.04 bits per heavy atom. The number of anilines is 4. The number of rotatable bonds is 6. The SMILES string of the molecule is C1=CCC2C(=C1)Nc1cc(-c3ccccc3N(c3ccc4c(c3)C(c3ccccc3)(c3ccccc3)c3ccccc3-4)c3cccc4ccccc34)ccc12. The summed E-state index contributed by atoms with van der Waals surface area (Å²) in [6, 6.07) is 69.6. The van der Waals surface area contributed by atoms with Crippen LogP contribution in [0.4, 0.5) is 22.7 Å². The lowest BCUT2D eigenvalue weighted by Gasteiger charge is -2.35. The molecule has 1 atom stereocenters. The summed E-state index contributed by atoms with van der Waals surface area (Å²) in [4.78, 5) is 2.49. The van der Waals surface area contributed by atoms with Crippen LogP contribution in [0.5, 0.6) is 0 Å². The minimum absolute atomic E-state index is 0.404. The summed E-state index contributed by atoms with van der Waals surface area (Å²) in [5, 5.41) is 6.18. The summed E-state index contributed by atoms with van der Waals surface area (Å²) in [6.45, 7) is 0. The third-order valence-electron chi connectivity index (χ3n) is 12.0. The largest absolute Gasteiger partial charge is 0.358 e. The Morgan fingerprint density at radius 2 is 1.20 bits per heavy atom. The number of fused-ring (bicyclic) bond motifs is 7. The van der Waals surface area contributed by atoms with Crippen molar-refractivity contribution < 1.29 is 0 Å². The Labute approximate surface area is 322 Å². The first-order chi connectivity index (χ1) is 27.3. The molecule has 0 amide bonds. The highest BCUT2D eigenvalue weighted by molar-refractivity contribution is 6.02. The minimum atomic E-state index is -0.500. The van der Waals surface area contributed by atoms with E-state index in [-0.39, 0.29) is 0 Å². The fourth-order valence-corrected chi connectivity index (χ4v) is 9.64. The van der Waals surface area contributed by atoms with Gasteiger partial charge in [0.1, 0.15) is 0 Å². The summed E-state index contributed by atoms with van der Waals surface area (Å²) in [6.07, 6.45) is 7.70. The highest BCUT2D eigenvalue weighted by Gasteiger charge is 2.46. The molecule has 0 spiro atoms. The average Bonchev–Trinajstić information content (AvgIpc) is 3.78. The monoisotopic (exact) mass is 702 g/mol. The molecule has 1 heterocycles. The Balaban J connectivity index is 1.17. The molecule has 0 saturated heterocycles. The molecule has 1 N–H and O–H groups in total. The number of para-hydroxylation sites is 1. The first kappa shape index (κ1) is 31.6. The predicted molar refractivity (Wildman–Crippen MR) is 230 cm³/mol. The molecule has 55 heavy (non-hydrogen) atoms. The normalized spacial score (nSPS) is 15.7. The standard InChI is InChI=1S/C53H38N2/c1-3-18-38(19-4-1)53(39-20-5-2-6-21-39)47-26-12-9-24-43(47)44-33-31-40(35-48(44)53)55(52-29-15-17-36-16-7-8-22-41(36)52)51-28-14-11-23-42(51)37-30-32-46-45-25-10-13-27-49(45)54-50(46)34-37/h1-24,26-35,45,54H,25H2. The van der Waals surface area contributed by atoms with Gasteiger partial charge in [0.05, 0.1) is 16.8 Å². The smallest absolute Gasteiger partial charge is 0.0714 e. The van der Waals surface area contributed by atoms with Gasteiger partial charge in [-0.05, 0) is 92.7 Å². The molecule has 260 valence electrons. The molecule has 8 aromatic rings. The second kappa shape index (κ2) is 12.6. The van der Waals surface area contributed by atoms with Gasteiger partial charge < -0.3 is 10.2 Å². The molecular formula is C53H38N2. The molecule has 1 unspecified atom stereocenters. The van der Waals surface area contributed by atoms with Gasteiger partial charge in [-0.15, -0.1) is 0 Å². The van der Waals surface area contributed by atoms with Crippen molar-refractivity contribution in [3.8, 4) is 22.3 Å². The zero-order valence-corrected chi connectivity index (χ0v) is 30.4. The van der Waals surface area contributed by atoms with E-state index in [0.717, 1.165) is 23.5 Å². The van der Waals surface area contributed by atoms with Crippen LogP contribution in [0.2, 0.25) is 0 Å². The van der Waals surface area contributed by atoms with Gasteiger partial charge in [-0.25, -0.2) is 0 Å². The van der Waals surface area contributed by atoms with E-state index >= 15 is 0 Å². The molecule has 3 aliphatic rings. The van der Waals surface area contributed by atoms with Crippen molar-refractivity contribution in [2.45, 2.75) is 17.8 Å². The Bertz CT molecular complexity index is 2780. The number of nitrogens with zero attached hydrogens (tertiary/aromatic N) is 1. The van der Waals surface area contributed by atoms with E-state index in [9.17, 15) is 0 Å². The first-order valence-electron chi connectivity index (χ1n) is 19.3. The Kier molecular flexibility index (Phi) is 7.25. The lowest BCUT2D eigenvalue weighted by Crippen LogP contribution is -2.28. The highest BCUT2D eigenvalue weighted by atomic mass is 15.1. The highest BCUT2D eigenvalue weighted by Crippen LogP contribution is 2.57. The molecule has 0 saturated carbocycles. The van der Waals surface area contributed by atoms with Crippen molar-refractivity contribution in [1.29, 1.82) is 0 Å². The topological polar surface area (TPSA) is 15.3 Å². The van der Waals surface area contributed by atoms with E-state index in [1.54, 1.807) is 0 Å². The van der Waals surface area contributed by atoms with E-state index in [1.165, 1.54) is 72.2 Å². The van der Waals surface area contributed by atoms with Gasteiger partial charge in [-0.2, -0.15) is 0 Å². The third kappa shape index (κ3) is 4.81. The van der Waals surface area contributed by atoms with E-state index in [0.29, 0.717) is 5.92 Å². The average molecular weight is 703 g/mol. The summed E-state index contributed by atoms with van der Waals surface area (Å²) in [5.74, 6) is 0.404. The molecule has 0 radical (unpaired) electrons. The number of hydrogen-bond acceptors (Lipinski definition) is 2. The molecule has 0 fully saturated rings. The number of nitrogens with one attached hydrogen (secondary N) is 1. The van der Waals surface area contributed by atoms with Crippen molar-refractivity contribution >= 4 is 33.5 Å². The minimum Gasteiger partial charge on any atom is -0.358 e. The Hall–Kier alpha value is -6.90. The summed E-state index contributed by atoms with van der Waals surface area (Å²) >= 11 is 0. The second-order valence-electron chi connectivity index (χ2n) is 14.9. The fourth-order valence-electron chi connectivity index (χ4n) is 9.64. The van der Waals surface area contributed by atoms with Crippen LogP contribution in [-0.2, 0) is 5.41 Å². The van der Waals surface area contributed by atoms with Gasteiger partial charge in [-0.1, -0.05) is 170 Å². The predicted octanol–water partition coefficient (Wildman–Crippen LogP) is 13.7. The van der Waals surface area contributed by atoms with E-state index in [2.05, 4.69) is 217 Å². The van der Waals surface area contributed by atoms with Crippen LogP contribution in [0, 0.1) is 0 Å². The molecular weight excluding hydrogens is 665 g/mol. The van der Waals surface area contributed by atoms with Crippen molar-refractivity contribution in [1.82, 2.24) is 0 Å². The van der Waals surface area contributed by atoms with Gasteiger partial charge in [0.25, 0.3) is 0 Å². The van der Waals surface area contributed by atoms with E-state index in [4.69, 9.17) is 0 Å². The molecule has 1 aliphatic heterocycles. The molecule has 8 aromatic carbocycles. The number of benzene rings is 8. The first-order valence-corrected chi connectivity index (χ1v) is 19.3. The van der Waals surface area contributed by atoms with Crippen molar-refractivity contribution in [3.05, 3.63) is 240 Å². The van der Waals surface area contributed by atoms with Crippen molar-refractivity contribution in [2.75, 3.05) is 10.2 Å². The van der Waals surface area contributed by atoms with Crippen molar-refractivity contribution in [3.63, 3.8) is 0 Å². The number of allylic oxidation sites excluding steroid dienone is 4. The van der Waals surface area contributed by atoms with Crippen LogP contribution in [-0.4, -0.2) is 0 Å². The maximum Gasteiger partial charge on any atom is 0.0714 e. The maximum atomic E-state index is 3.76. The molecule has 2 aliphatic carbocycles. The van der Waals surface area contributed by atoms with Crippen LogP contribution in [0.3, 0.4) is 0 Å². The fraction of sp³-hybridized carbons (Fsp3) is 0.0566. The van der Waals surface area contributed by atoms with Gasteiger partial charge in [0, 0.05) is 33.9 Å². The second-order valence-corrected chi connectivity index (χ2v) is 14.9. The molecule has 0 aromatic heterocycles. The quantitative estimate of drug-likeness (QED) is 0.186. The van der Waals surface area contributed by atoms with E-state index < -0.39 is 5.41 Å². The maximum absolute atomic E-state index is 3.76. The van der Waals surface area contributed by atoms with Crippen LogP contribution < -0.4 is 10.2 Å². The molecule has 2 nitrogen and oxygen atoms in total. The molecule has 0 bridgehead atoms. The van der Waals surface area contributed by atoms with Gasteiger partial charge in [-0.3, -0.25) is 0 Å². The lowest BCUT2D eigenvalue weighted by atomic mass is 9.67. The number of hydrogen-bond donors (Lipinski definition) is 1. The molecule has 2 heteroatoms. The summed E-state index contributed by atoms with van der Waals surface area (Å²) < 4.78 is 0. The Morgan fingerprint density at radius 1 is 0.527 bits per heavy atom. The summed E-state index contributed by atoms with van der Waals surface area (Å²) in [5.41, 5.74) is 16.8. The van der Waals surface area contributed by atoms with Crippen LogP contribution in [0.15, 0.2) is 212 Å². The van der Waals surface area contributed by atoms with Crippen LogP contribution >= 0.6 is 0 Å². The lowest BCUT2D eigenvalue weighted by molar-refractivity contribution is 0.768. The van der Waals surface area contributed by atoms with Gasteiger partial charge >= 0.3 is 0 Å². The van der Waals surface area contributed by atoms with Gasteiger partial charge in [0.2, 0.25) is 0 Å². The van der Waals surface area contributed by atoms with E-state index in [1.807, 2.05) is 0 Å². The zero-order chi connectivity index (χ0) is 36.3. The zero-order valence-electron chi connectivity index (χ0n) is 30.4. The summed E-state index contributed by atoms with van der Waals surface area (Å²) in [7, 11) is 0. The van der Waals surface area contributed by atoms with Crippen LogP contribution in [0.25, 0.3) is 33.0 Å². The van der Waals surface area contributed by atoms with Crippen LogP contribution in [0.1, 0.15) is 40.2 Å². The van der Waals surface area contributed by atoms with Gasteiger partial charge in [0.15, 0.2) is 0 Å².